The number of thiazole rings is 1. The van der Waals surface area contributed by atoms with E-state index in [4.69, 9.17) is 30.5 Å². The Morgan fingerprint density at radius 3 is 2.58 bits per heavy atom. The predicted octanol–water partition coefficient (Wildman–Crippen LogP) is 4.02. The van der Waals surface area contributed by atoms with Gasteiger partial charge in [0.25, 0.3) is 5.56 Å². The zero-order valence-corrected chi connectivity index (χ0v) is 23.3. The first-order chi connectivity index (χ1) is 19.5. The van der Waals surface area contributed by atoms with Crippen LogP contribution in [0.3, 0.4) is 0 Å². The third kappa shape index (κ3) is 5.03. The zero-order chi connectivity index (χ0) is 27.6. The van der Waals surface area contributed by atoms with Gasteiger partial charge in [-0.05, 0) is 30.7 Å². The number of anilines is 1. The molecule has 1 saturated heterocycles. The van der Waals surface area contributed by atoms with Gasteiger partial charge in [-0.2, -0.15) is 0 Å². The molecule has 0 amide bonds. The minimum absolute atomic E-state index is 0.187. The van der Waals surface area contributed by atoms with Crippen LogP contribution in [0, 0.1) is 0 Å². The summed E-state index contributed by atoms with van der Waals surface area (Å²) in [4.78, 5) is 34.9. The summed E-state index contributed by atoms with van der Waals surface area (Å²) >= 11 is 7.44. The van der Waals surface area contributed by atoms with Gasteiger partial charge < -0.3 is 18.8 Å². The fraction of sp³-hybridized carbons (Fsp3) is 0.233. The highest BCUT2D eigenvalue weighted by atomic mass is 35.5. The molecule has 2 aromatic carbocycles. The molecule has 0 aliphatic carbocycles. The second kappa shape index (κ2) is 11.3. The highest BCUT2D eigenvalue weighted by Crippen LogP contribution is 2.35. The van der Waals surface area contributed by atoms with Crippen molar-refractivity contribution in [3.05, 3.63) is 114 Å². The number of esters is 1. The predicted molar refractivity (Wildman–Crippen MR) is 154 cm³/mol. The van der Waals surface area contributed by atoms with Crippen LogP contribution < -0.4 is 19.8 Å². The number of ether oxygens (including phenoxy) is 2. The van der Waals surface area contributed by atoms with Crippen LogP contribution in [0.25, 0.3) is 11.8 Å². The van der Waals surface area contributed by atoms with E-state index < -0.39 is 12.0 Å². The van der Waals surface area contributed by atoms with Gasteiger partial charge in [0.05, 0.1) is 41.7 Å². The maximum absolute atomic E-state index is 14.0. The van der Waals surface area contributed by atoms with E-state index in [0.29, 0.717) is 44.6 Å². The Labute approximate surface area is 239 Å². The molecule has 4 aromatic rings. The van der Waals surface area contributed by atoms with Crippen molar-refractivity contribution in [1.82, 2.24) is 4.57 Å². The van der Waals surface area contributed by atoms with Crippen LogP contribution in [-0.2, 0) is 14.3 Å². The minimum Gasteiger partial charge on any atom is -0.463 e. The molecule has 1 unspecified atom stereocenters. The molecule has 1 atom stereocenters. The second-order valence-corrected chi connectivity index (χ2v) is 10.7. The molecule has 2 aliphatic heterocycles. The smallest absolute Gasteiger partial charge is 0.338 e. The Morgan fingerprint density at radius 1 is 1.10 bits per heavy atom. The molecule has 0 bridgehead atoms. The molecule has 0 saturated carbocycles. The van der Waals surface area contributed by atoms with Crippen LogP contribution in [0.1, 0.15) is 29.9 Å². The van der Waals surface area contributed by atoms with E-state index >= 15 is 0 Å². The van der Waals surface area contributed by atoms with E-state index in [2.05, 4.69) is 4.90 Å². The quantitative estimate of drug-likeness (QED) is 0.323. The molecule has 10 heteroatoms. The van der Waals surface area contributed by atoms with Gasteiger partial charge in [-0.1, -0.05) is 65.4 Å². The lowest BCUT2D eigenvalue weighted by Crippen LogP contribution is -2.40. The number of halogens is 1. The van der Waals surface area contributed by atoms with Crippen molar-refractivity contribution in [3.8, 4) is 0 Å². The van der Waals surface area contributed by atoms with Gasteiger partial charge in [0.2, 0.25) is 0 Å². The number of fused-ring (bicyclic) bond motifs is 1. The highest BCUT2D eigenvalue weighted by Gasteiger charge is 2.35. The Bertz CT molecular complexity index is 1750. The van der Waals surface area contributed by atoms with Crippen LogP contribution in [0.5, 0.6) is 0 Å². The Balaban J connectivity index is 1.54. The van der Waals surface area contributed by atoms with Crippen molar-refractivity contribution >= 4 is 46.6 Å². The maximum Gasteiger partial charge on any atom is 0.338 e. The number of hydrogen-bond donors (Lipinski definition) is 0. The van der Waals surface area contributed by atoms with Crippen LogP contribution in [-0.4, -0.2) is 43.4 Å². The SMILES string of the molecule is CCOC(=O)C1=C(c2ccccc2)N=c2sc(=Cc3ccc(N4CCOCC4)o3)c(=O)n2C1c1ccc(Cl)cc1. The lowest BCUT2D eigenvalue weighted by Gasteiger charge is -2.26. The summed E-state index contributed by atoms with van der Waals surface area (Å²) in [6, 6.07) is 19.6. The van der Waals surface area contributed by atoms with Crippen molar-refractivity contribution in [2.75, 3.05) is 37.8 Å². The topological polar surface area (TPSA) is 86.3 Å². The van der Waals surface area contributed by atoms with Gasteiger partial charge in [-0.3, -0.25) is 9.36 Å². The first-order valence-electron chi connectivity index (χ1n) is 13.0. The number of furan rings is 1. The van der Waals surface area contributed by atoms with Crippen LogP contribution in [0.4, 0.5) is 5.88 Å². The number of aromatic nitrogens is 1. The lowest BCUT2D eigenvalue weighted by molar-refractivity contribution is -0.138. The molecule has 2 aliphatic rings. The van der Waals surface area contributed by atoms with E-state index in [0.717, 1.165) is 30.1 Å². The first kappa shape index (κ1) is 26.3. The fourth-order valence-electron chi connectivity index (χ4n) is 4.90. The van der Waals surface area contributed by atoms with E-state index in [9.17, 15) is 9.59 Å². The number of morpholine rings is 1. The number of benzene rings is 2. The summed E-state index contributed by atoms with van der Waals surface area (Å²) in [7, 11) is 0. The van der Waals surface area contributed by atoms with Gasteiger partial charge >= 0.3 is 5.97 Å². The van der Waals surface area contributed by atoms with Gasteiger partial charge in [-0.25, -0.2) is 9.79 Å². The van der Waals surface area contributed by atoms with Gasteiger partial charge in [0, 0.05) is 35.8 Å². The molecule has 204 valence electrons. The van der Waals surface area contributed by atoms with Crippen molar-refractivity contribution in [3.63, 3.8) is 0 Å². The molecule has 0 N–H and O–H groups in total. The van der Waals surface area contributed by atoms with Crippen molar-refractivity contribution in [1.29, 1.82) is 0 Å². The van der Waals surface area contributed by atoms with E-state index in [-0.39, 0.29) is 12.2 Å². The number of hydrogen-bond acceptors (Lipinski definition) is 8. The molecule has 0 spiro atoms. The average molecular weight is 576 g/mol. The molecule has 4 heterocycles. The highest BCUT2D eigenvalue weighted by molar-refractivity contribution is 7.07. The number of carbonyl (C=O) groups is 1. The molecular formula is C30H26ClN3O5S. The molecule has 8 nitrogen and oxygen atoms in total. The van der Waals surface area contributed by atoms with Crippen molar-refractivity contribution < 1.29 is 18.7 Å². The first-order valence-corrected chi connectivity index (χ1v) is 14.2. The standard InChI is InChI=1S/C30H26ClN3O5S/c1-2-38-29(36)25-26(19-6-4-3-5-7-19)32-30-34(27(25)20-8-10-21(31)11-9-20)28(35)23(40-30)18-22-12-13-24(39-22)33-14-16-37-17-15-33/h3-13,18,27H,2,14-17H2,1H3. The summed E-state index contributed by atoms with van der Waals surface area (Å²) in [6.45, 7) is 4.72. The molecule has 40 heavy (non-hydrogen) atoms. The van der Waals surface area contributed by atoms with Gasteiger partial charge in [0.1, 0.15) is 5.76 Å². The number of rotatable bonds is 6. The Morgan fingerprint density at radius 2 is 1.85 bits per heavy atom. The van der Waals surface area contributed by atoms with Crippen LogP contribution in [0.2, 0.25) is 5.02 Å². The van der Waals surface area contributed by atoms with Crippen LogP contribution in [0.15, 0.2) is 86.5 Å². The summed E-state index contributed by atoms with van der Waals surface area (Å²) in [5.41, 5.74) is 1.96. The maximum atomic E-state index is 14.0. The van der Waals surface area contributed by atoms with E-state index in [1.54, 1.807) is 29.7 Å². The third-order valence-corrected chi connectivity index (χ3v) is 8.00. The number of nitrogens with zero attached hydrogens (tertiary/aromatic N) is 3. The zero-order valence-electron chi connectivity index (χ0n) is 21.7. The van der Waals surface area contributed by atoms with E-state index in [1.807, 2.05) is 54.6 Å². The summed E-state index contributed by atoms with van der Waals surface area (Å²) in [6.07, 6.45) is 1.73. The molecular weight excluding hydrogens is 550 g/mol. The number of carbonyl (C=O) groups excluding carboxylic acids is 1. The molecule has 0 radical (unpaired) electrons. The minimum atomic E-state index is -0.759. The van der Waals surface area contributed by atoms with Crippen molar-refractivity contribution in [2.24, 2.45) is 4.99 Å². The van der Waals surface area contributed by atoms with Crippen LogP contribution >= 0.6 is 22.9 Å². The normalized spacial score (nSPS) is 17.5. The van der Waals surface area contributed by atoms with E-state index in [1.165, 1.54) is 11.3 Å². The summed E-state index contributed by atoms with van der Waals surface area (Å²) in [5.74, 6) is 0.764. The largest absolute Gasteiger partial charge is 0.463 e. The van der Waals surface area contributed by atoms with Gasteiger partial charge in [0.15, 0.2) is 10.7 Å². The fourth-order valence-corrected chi connectivity index (χ4v) is 6.01. The monoisotopic (exact) mass is 575 g/mol. The molecule has 1 fully saturated rings. The van der Waals surface area contributed by atoms with Gasteiger partial charge in [-0.15, -0.1) is 0 Å². The lowest BCUT2D eigenvalue weighted by atomic mass is 9.93. The summed E-state index contributed by atoms with van der Waals surface area (Å²) < 4.78 is 19.0. The molecule has 6 rings (SSSR count). The second-order valence-electron chi connectivity index (χ2n) is 9.26. The Kier molecular flexibility index (Phi) is 7.42. The summed E-state index contributed by atoms with van der Waals surface area (Å²) in [5, 5.41) is 0.551. The Hall–Kier alpha value is -3.92. The third-order valence-electron chi connectivity index (χ3n) is 6.77. The average Bonchev–Trinajstić information content (AvgIpc) is 3.58. The molecule has 2 aromatic heterocycles. The van der Waals surface area contributed by atoms with Crippen molar-refractivity contribution in [2.45, 2.75) is 13.0 Å².